The Morgan fingerprint density at radius 2 is 2.00 bits per heavy atom. The van der Waals surface area contributed by atoms with E-state index >= 15 is 0 Å². The van der Waals surface area contributed by atoms with E-state index in [1.54, 1.807) is 12.1 Å². The van der Waals surface area contributed by atoms with Crippen LogP contribution >= 0.6 is 0 Å². The summed E-state index contributed by atoms with van der Waals surface area (Å²) in [5.74, 6) is 0.0997. The van der Waals surface area contributed by atoms with Crippen LogP contribution in [0.3, 0.4) is 0 Å². The summed E-state index contributed by atoms with van der Waals surface area (Å²) < 4.78 is 1.30. The van der Waals surface area contributed by atoms with E-state index in [0.717, 1.165) is 39.0 Å². The van der Waals surface area contributed by atoms with Crippen molar-refractivity contribution in [2.45, 2.75) is 32.2 Å². The predicted octanol–water partition coefficient (Wildman–Crippen LogP) is 0.784. The summed E-state index contributed by atoms with van der Waals surface area (Å²) in [5.41, 5.74) is 0.798. The largest absolute Gasteiger partial charge is 0.343 e. The average molecular weight is 341 g/mol. The third-order valence-corrected chi connectivity index (χ3v) is 5.68. The van der Waals surface area contributed by atoms with Gasteiger partial charge >= 0.3 is 0 Å². The van der Waals surface area contributed by atoms with Gasteiger partial charge in [0.05, 0.1) is 11.9 Å². The number of carbonyl (C=O) groups excluding carboxylic acids is 1. The van der Waals surface area contributed by atoms with Gasteiger partial charge in [0.25, 0.3) is 5.56 Å². The number of carbonyl (C=O) groups is 1. The van der Waals surface area contributed by atoms with E-state index in [1.807, 2.05) is 17.0 Å². The number of piperidine rings is 1. The van der Waals surface area contributed by atoms with Gasteiger partial charge in [-0.2, -0.15) is 0 Å². The lowest BCUT2D eigenvalue weighted by Gasteiger charge is -2.38. The zero-order valence-corrected chi connectivity index (χ0v) is 14.3. The van der Waals surface area contributed by atoms with Crippen LogP contribution in [0.5, 0.6) is 0 Å². The Bertz CT molecular complexity index is 831. The number of aromatic nitrogens is 3. The smallest absolute Gasteiger partial charge is 0.277 e. The maximum atomic E-state index is 12.5. The van der Waals surface area contributed by atoms with Crippen molar-refractivity contribution in [1.82, 2.24) is 25.2 Å². The SMILES string of the molecule is O=C(CCn1nnc2ccccc2c1=O)N1CCC2(CCNC2)CC1. The third-order valence-electron chi connectivity index (χ3n) is 5.68. The predicted molar refractivity (Wildman–Crippen MR) is 94.1 cm³/mol. The van der Waals surface area contributed by atoms with Crippen molar-refractivity contribution in [3.63, 3.8) is 0 Å². The molecule has 1 aromatic carbocycles. The number of benzene rings is 1. The highest BCUT2D eigenvalue weighted by molar-refractivity contribution is 5.77. The quantitative estimate of drug-likeness (QED) is 0.892. The Balaban J connectivity index is 1.38. The highest BCUT2D eigenvalue weighted by Crippen LogP contribution is 2.36. The monoisotopic (exact) mass is 341 g/mol. The molecule has 2 aliphatic heterocycles. The fourth-order valence-corrected chi connectivity index (χ4v) is 3.98. The van der Waals surface area contributed by atoms with E-state index in [9.17, 15) is 9.59 Å². The van der Waals surface area contributed by atoms with Crippen molar-refractivity contribution in [3.8, 4) is 0 Å². The summed E-state index contributed by atoms with van der Waals surface area (Å²) in [6.07, 6.45) is 3.65. The molecule has 132 valence electrons. The summed E-state index contributed by atoms with van der Waals surface area (Å²) in [7, 11) is 0. The minimum absolute atomic E-state index is 0.0997. The Morgan fingerprint density at radius 1 is 1.20 bits per heavy atom. The third kappa shape index (κ3) is 3.16. The molecule has 7 nitrogen and oxygen atoms in total. The van der Waals surface area contributed by atoms with Gasteiger partial charge in [0.1, 0.15) is 5.52 Å². The molecule has 1 amide bonds. The number of aryl methyl sites for hydroxylation is 1. The molecule has 4 rings (SSSR count). The molecular formula is C18H23N5O2. The molecule has 0 unspecified atom stereocenters. The summed E-state index contributed by atoms with van der Waals surface area (Å²) in [6.45, 7) is 4.09. The zero-order chi connectivity index (χ0) is 17.3. The highest BCUT2D eigenvalue weighted by Gasteiger charge is 2.37. The molecule has 0 atom stereocenters. The van der Waals surface area contributed by atoms with Crippen LogP contribution in [0.1, 0.15) is 25.7 Å². The number of nitrogens with zero attached hydrogens (tertiary/aromatic N) is 4. The Morgan fingerprint density at radius 3 is 2.76 bits per heavy atom. The van der Waals surface area contributed by atoms with Crippen LogP contribution in [0.4, 0.5) is 0 Å². The van der Waals surface area contributed by atoms with Gasteiger partial charge in [0.2, 0.25) is 5.91 Å². The molecule has 2 aliphatic rings. The second kappa shape index (κ2) is 6.55. The molecule has 1 aromatic heterocycles. The molecule has 0 saturated carbocycles. The first-order valence-corrected chi connectivity index (χ1v) is 8.98. The van der Waals surface area contributed by atoms with Crippen molar-refractivity contribution >= 4 is 16.8 Å². The molecule has 2 fully saturated rings. The molecule has 0 bridgehead atoms. The molecule has 25 heavy (non-hydrogen) atoms. The van der Waals surface area contributed by atoms with Crippen molar-refractivity contribution in [2.24, 2.45) is 5.41 Å². The minimum Gasteiger partial charge on any atom is -0.343 e. The Labute approximate surface area is 146 Å². The van der Waals surface area contributed by atoms with Crippen LogP contribution in [0.25, 0.3) is 10.9 Å². The van der Waals surface area contributed by atoms with E-state index in [1.165, 1.54) is 11.1 Å². The molecule has 1 spiro atoms. The maximum absolute atomic E-state index is 12.5. The van der Waals surface area contributed by atoms with Crippen LogP contribution in [0.2, 0.25) is 0 Å². The van der Waals surface area contributed by atoms with Gasteiger partial charge < -0.3 is 10.2 Å². The van der Waals surface area contributed by atoms with Gasteiger partial charge in [-0.05, 0) is 43.4 Å². The lowest BCUT2D eigenvalue weighted by Crippen LogP contribution is -2.44. The molecule has 1 N–H and O–H groups in total. The average Bonchev–Trinajstić information content (AvgIpc) is 3.10. The van der Waals surface area contributed by atoms with Gasteiger partial charge in [-0.25, -0.2) is 4.68 Å². The van der Waals surface area contributed by atoms with Gasteiger partial charge in [-0.3, -0.25) is 9.59 Å². The van der Waals surface area contributed by atoms with Crippen molar-refractivity contribution in [1.29, 1.82) is 0 Å². The minimum atomic E-state index is -0.187. The summed E-state index contributed by atoms with van der Waals surface area (Å²) in [4.78, 5) is 26.8. The van der Waals surface area contributed by atoms with E-state index in [0.29, 0.717) is 16.3 Å². The van der Waals surface area contributed by atoms with Gasteiger partial charge in [0, 0.05) is 26.1 Å². The lowest BCUT2D eigenvalue weighted by atomic mass is 9.78. The highest BCUT2D eigenvalue weighted by atomic mass is 16.2. The standard InChI is InChI=1S/C18H23N5O2/c24-16(22-11-7-18(8-12-22)6-9-19-13-18)5-10-23-17(25)14-3-1-2-4-15(14)20-21-23/h1-4,19H,5-13H2. The van der Waals surface area contributed by atoms with E-state index in [2.05, 4.69) is 15.6 Å². The number of hydrogen-bond donors (Lipinski definition) is 1. The molecule has 0 aliphatic carbocycles. The first kappa shape index (κ1) is 16.2. The van der Waals surface area contributed by atoms with Crippen LogP contribution in [0.15, 0.2) is 29.1 Å². The first-order valence-electron chi connectivity index (χ1n) is 8.98. The number of fused-ring (bicyclic) bond motifs is 1. The number of likely N-dealkylation sites (tertiary alicyclic amines) is 1. The fraction of sp³-hybridized carbons (Fsp3) is 0.556. The number of rotatable bonds is 3. The van der Waals surface area contributed by atoms with Gasteiger partial charge in [-0.1, -0.05) is 17.3 Å². The normalized spacial score (nSPS) is 19.6. The fourth-order valence-electron chi connectivity index (χ4n) is 3.98. The van der Waals surface area contributed by atoms with Crippen LogP contribution in [0, 0.1) is 5.41 Å². The number of nitrogens with one attached hydrogen (secondary N) is 1. The molecule has 7 heteroatoms. The number of hydrogen-bond acceptors (Lipinski definition) is 5. The molecule has 2 saturated heterocycles. The van der Waals surface area contributed by atoms with Crippen LogP contribution < -0.4 is 10.9 Å². The van der Waals surface area contributed by atoms with E-state index < -0.39 is 0 Å². The molecular weight excluding hydrogens is 318 g/mol. The Kier molecular flexibility index (Phi) is 4.25. The van der Waals surface area contributed by atoms with Gasteiger partial charge in [-0.15, -0.1) is 5.10 Å². The summed E-state index contributed by atoms with van der Waals surface area (Å²) in [5, 5.41) is 12.0. The maximum Gasteiger partial charge on any atom is 0.277 e. The second-order valence-corrected chi connectivity index (χ2v) is 7.19. The lowest BCUT2D eigenvalue weighted by molar-refractivity contribution is -0.133. The molecule has 3 heterocycles. The summed E-state index contributed by atoms with van der Waals surface area (Å²) >= 11 is 0. The van der Waals surface area contributed by atoms with Crippen molar-refractivity contribution < 1.29 is 4.79 Å². The second-order valence-electron chi connectivity index (χ2n) is 7.19. The Hall–Kier alpha value is -2.28. The van der Waals surface area contributed by atoms with E-state index in [4.69, 9.17) is 0 Å². The van der Waals surface area contributed by atoms with Gasteiger partial charge in [0.15, 0.2) is 0 Å². The van der Waals surface area contributed by atoms with Crippen molar-refractivity contribution in [3.05, 3.63) is 34.6 Å². The zero-order valence-electron chi connectivity index (χ0n) is 14.3. The number of amides is 1. The van der Waals surface area contributed by atoms with E-state index in [-0.39, 0.29) is 24.4 Å². The summed E-state index contributed by atoms with van der Waals surface area (Å²) in [6, 6.07) is 7.14. The van der Waals surface area contributed by atoms with Crippen molar-refractivity contribution in [2.75, 3.05) is 26.2 Å². The molecule has 0 radical (unpaired) electrons. The molecule has 2 aromatic rings. The van der Waals surface area contributed by atoms with Crippen LogP contribution in [-0.2, 0) is 11.3 Å². The van der Waals surface area contributed by atoms with Crippen LogP contribution in [-0.4, -0.2) is 52.0 Å². The first-order chi connectivity index (χ1) is 12.2. The topological polar surface area (TPSA) is 80.1 Å².